The van der Waals surface area contributed by atoms with E-state index >= 15 is 0 Å². The Hall–Kier alpha value is -3.16. The number of aryl methyl sites for hydroxylation is 1. The molecule has 8 heteroatoms. The fraction of sp³-hybridized carbons (Fsp3) is 0.520. The van der Waals surface area contributed by atoms with Crippen molar-refractivity contribution in [2.24, 2.45) is 0 Å². The minimum atomic E-state index is -0.148. The predicted octanol–water partition coefficient (Wildman–Crippen LogP) is 3.92. The first-order valence-corrected chi connectivity index (χ1v) is 12.1. The first-order valence-electron chi connectivity index (χ1n) is 12.1. The highest BCUT2D eigenvalue weighted by Gasteiger charge is 2.40. The normalized spacial score (nSPS) is 20.7. The molecule has 3 heterocycles. The van der Waals surface area contributed by atoms with Gasteiger partial charge >= 0.3 is 0 Å². The SMILES string of the molecule is CCC1C(=O)N(C)c2cnc(Nc3ncc(C(=O)NC4CC4)cc3C)cc2N1C1CCCC1. The third-order valence-electron chi connectivity index (χ3n) is 7.06. The molecular weight excluding hydrogens is 416 g/mol. The van der Waals surface area contributed by atoms with Crippen molar-refractivity contribution in [1.82, 2.24) is 15.3 Å². The van der Waals surface area contributed by atoms with Crippen molar-refractivity contribution in [3.8, 4) is 0 Å². The number of carbonyl (C=O) groups excluding carboxylic acids is 2. The average Bonchev–Trinajstić information content (AvgIpc) is 3.46. The molecule has 0 aromatic carbocycles. The van der Waals surface area contributed by atoms with Gasteiger partial charge in [0, 0.05) is 31.4 Å². The lowest BCUT2D eigenvalue weighted by atomic mass is 10.0. The van der Waals surface area contributed by atoms with Crippen LogP contribution in [-0.2, 0) is 4.79 Å². The number of likely N-dealkylation sites (N-methyl/N-ethyl adjacent to an activating group) is 1. The van der Waals surface area contributed by atoms with E-state index in [-0.39, 0.29) is 17.9 Å². The molecule has 2 fully saturated rings. The van der Waals surface area contributed by atoms with E-state index in [0.29, 0.717) is 29.3 Å². The first-order chi connectivity index (χ1) is 16.0. The molecular formula is C25H32N6O2. The van der Waals surface area contributed by atoms with E-state index in [1.54, 1.807) is 17.3 Å². The molecule has 2 N–H and O–H groups in total. The molecule has 2 amide bonds. The van der Waals surface area contributed by atoms with Gasteiger partial charge in [0.05, 0.1) is 23.1 Å². The second kappa shape index (κ2) is 8.65. The third-order valence-corrected chi connectivity index (χ3v) is 7.06. The molecule has 174 valence electrons. The van der Waals surface area contributed by atoms with Crippen LogP contribution < -0.4 is 20.4 Å². The Bertz CT molecular complexity index is 1080. The number of anilines is 4. The summed E-state index contributed by atoms with van der Waals surface area (Å²) < 4.78 is 0. The Morgan fingerprint density at radius 3 is 2.52 bits per heavy atom. The van der Waals surface area contributed by atoms with E-state index in [2.05, 4.69) is 32.4 Å². The zero-order valence-corrected chi connectivity index (χ0v) is 19.6. The van der Waals surface area contributed by atoms with Gasteiger partial charge in [0.2, 0.25) is 5.91 Å². The van der Waals surface area contributed by atoms with E-state index in [1.807, 2.05) is 26.1 Å². The van der Waals surface area contributed by atoms with Crippen molar-refractivity contribution < 1.29 is 9.59 Å². The van der Waals surface area contributed by atoms with Gasteiger partial charge in [-0.2, -0.15) is 0 Å². The Morgan fingerprint density at radius 2 is 1.85 bits per heavy atom. The van der Waals surface area contributed by atoms with Crippen molar-refractivity contribution >= 4 is 34.8 Å². The molecule has 0 bridgehead atoms. The van der Waals surface area contributed by atoms with Crippen molar-refractivity contribution in [1.29, 1.82) is 0 Å². The second-order valence-electron chi connectivity index (χ2n) is 9.49. The average molecular weight is 449 g/mol. The van der Waals surface area contributed by atoms with E-state index in [9.17, 15) is 9.59 Å². The van der Waals surface area contributed by atoms with Crippen LogP contribution in [0.1, 0.15) is 67.8 Å². The minimum absolute atomic E-state index is 0.0722. The Labute approximate surface area is 194 Å². The highest BCUT2D eigenvalue weighted by Crippen LogP contribution is 2.41. The summed E-state index contributed by atoms with van der Waals surface area (Å²) in [4.78, 5) is 38.6. The van der Waals surface area contributed by atoms with E-state index in [4.69, 9.17) is 0 Å². The molecule has 0 radical (unpaired) electrons. The van der Waals surface area contributed by atoms with Gasteiger partial charge in [-0.25, -0.2) is 9.97 Å². The van der Waals surface area contributed by atoms with Crippen LogP contribution in [0.15, 0.2) is 24.5 Å². The van der Waals surface area contributed by atoms with Crippen LogP contribution in [0, 0.1) is 6.92 Å². The molecule has 1 unspecified atom stereocenters. The Balaban J connectivity index is 1.43. The zero-order valence-electron chi connectivity index (χ0n) is 19.6. The van der Waals surface area contributed by atoms with Crippen molar-refractivity contribution in [3.05, 3.63) is 35.7 Å². The molecule has 33 heavy (non-hydrogen) atoms. The largest absolute Gasteiger partial charge is 0.355 e. The molecule has 1 aliphatic heterocycles. The molecule has 2 aromatic heterocycles. The number of fused-ring (bicyclic) bond motifs is 1. The lowest BCUT2D eigenvalue weighted by molar-refractivity contribution is -0.120. The van der Waals surface area contributed by atoms with Crippen LogP contribution in [0.5, 0.6) is 0 Å². The lowest BCUT2D eigenvalue weighted by Crippen LogP contribution is -2.55. The highest BCUT2D eigenvalue weighted by molar-refractivity contribution is 6.05. The Morgan fingerprint density at radius 1 is 1.09 bits per heavy atom. The summed E-state index contributed by atoms with van der Waals surface area (Å²) in [6.07, 6.45) is 10.9. The maximum atomic E-state index is 13.1. The second-order valence-corrected chi connectivity index (χ2v) is 9.49. The van der Waals surface area contributed by atoms with Crippen LogP contribution in [0.4, 0.5) is 23.0 Å². The lowest BCUT2D eigenvalue weighted by Gasteiger charge is -2.44. The number of rotatable bonds is 6. The Kier molecular flexibility index (Phi) is 5.68. The number of pyridine rings is 2. The summed E-state index contributed by atoms with van der Waals surface area (Å²) in [5.41, 5.74) is 3.34. The fourth-order valence-electron chi connectivity index (χ4n) is 5.05. The third kappa shape index (κ3) is 4.14. The molecule has 0 spiro atoms. The van der Waals surface area contributed by atoms with Gasteiger partial charge in [0.25, 0.3) is 5.91 Å². The summed E-state index contributed by atoms with van der Waals surface area (Å²) in [7, 11) is 1.84. The number of aromatic nitrogens is 2. The number of nitrogens with zero attached hydrogens (tertiary/aromatic N) is 4. The van der Waals surface area contributed by atoms with Crippen molar-refractivity contribution in [2.75, 3.05) is 22.2 Å². The van der Waals surface area contributed by atoms with Crippen LogP contribution in [-0.4, -0.2) is 47.0 Å². The van der Waals surface area contributed by atoms with Crippen molar-refractivity contribution in [2.45, 2.75) is 76.9 Å². The van der Waals surface area contributed by atoms with Gasteiger partial charge in [-0.1, -0.05) is 19.8 Å². The minimum Gasteiger partial charge on any atom is -0.355 e. The molecule has 1 atom stereocenters. The molecule has 3 aliphatic rings. The van der Waals surface area contributed by atoms with Gasteiger partial charge in [-0.3, -0.25) is 9.59 Å². The number of carbonyl (C=O) groups is 2. The summed E-state index contributed by atoms with van der Waals surface area (Å²) in [5.74, 6) is 1.42. The monoisotopic (exact) mass is 448 g/mol. The molecule has 0 saturated heterocycles. The number of hydrogen-bond donors (Lipinski definition) is 2. The quantitative estimate of drug-likeness (QED) is 0.696. The van der Waals surface area contributed by atoms with Gasteiger partial charge < -0.3 is 20.4 Å². The van der Waals surface area contributed by atoms with Crippen LogP contribution in [0.2, 0.25) is 0 Å². The standard InChI is InChI=1S/C25H32N6O2/c1-4-19-25(33)30(3)21-14-26-22(12-20(21)31(19)18-7-5-6-8-18)29-23-15(2)11-16(13-27-23)24(32)28-17-9-10-17/h11-14,17-19H,4-10H2,1-3H3,(H,28,32)(H,26,27,29). The van der Waals surface area contributed by atoms with Gasteiger partial charge in [-0.15, -0.1) is 0 Å². The number of amides is 2. The van der Waals surface area contributed by atoms with E-state index in [0.717, 1.165) is 49.0 Å². The van der Waals surface area contributed by atoms with Gasteiger partial charge in [0.15, 0.2) is 0 Å². The maximum Gasteiger partial charge on any atom is 0.253 e. The number of nitrogens with one attached hydrogen (secondary N) is 2. The molecule has 2 aliphatic carbocycles. The van der Waals surface area contributed by atoms with Crippen LogP contribution in [0.3, 0.4) is 0 Å². The van der Waals surface area contributed by atoms with E-state index in [1.165, 1.54) is 12.8 Å². The summed E-state index contributed by atoms with van der Waals surface area (Å²) in [6, 6.07) is 4.44. The number of hydrogen-bond acceptors (Lipinski definition) is 6. The predicted molar refractivity (Wildman–Crippen MR) is 129 cm³/mol. The van der Waals surface area contributed by atoms with Crippen LogP contribution in [0.25, 0.3) is 0 Å². The van der Waals surface area contributed by atoms with Crippen molar-refractivity contribution in [3.63, 3.8) is 0 Å². The maximum absolute atomic E-state index is 13.1. The molecule has 2 saturated carbocycles. The summed E-state index contributed by atoms with van der Waals surface area (Å²) in [6.45, 7) is 4.02. The van der Waals surface area contributed by atoms with E-state index < -0.39 is 0 Å². The fourth-order valence-corrected chi connectivity index (χ4v) is 5.05. The van der Waals surface area contributed by atoms with Gasteiger partial charge in [0.1, 0.15) is 17.7 Å². The summed E-state index contributed by atoms with van der Waals surface area (Å²) >= 11 is 0. The molecule has 5 rings (SSSR count). The molecule has 8 nitrogen and oxygen atoms in total. The summed E-state index contributed by atoms with van der Waals surface area (Å²) in [5, 5.41) is 6.33. The molecule has 2 aromatic rings. The smallest absolute Gasteiger partial charge is 0.253 e. The topological polar surface area (TPSA) is 90.5 Å². The zero-order chi connectivity index (χ0) is 23.1. The highest BCUT2D eigenvalue weighted by atomic mass is 16.2. The first kappa shape index (κ1) is 21.7. The van der Waals surface area contributed by atoms with Crippen LogP contribution >= 0.6 is 0 Å². The van der Waals surface area contributed by atoms with Gasteiger partial charge in [-0.05, 0) is 50.7 Å².